The summed E-state index contributed by atoms with van der Waals surface area (Å²) in [6.07, 6.45) is 7.45. The lowest BCUT2D eigenvalue weighted by molar-refractivity contribution is -0.142. The standard InChI is InChI=1S/C27H35ClN2O2S/c1-19(2)17-29(25(31)12-7-20-5-3-4-6-20)18-26(32)30-15-13-24-23(14-16-33-24)27(30)21-8-10-22(28)11-9-21/h8-11,14,16,19-20,27H,3-7,12-13,15,17-18H2,1-2H3. The zero-order valence-electron chi connectivity index (χ0n) is 19.8. The van der Waals surface area contributed by atoms with Crippen molar-refractivity contribution in [3.05, 3.63) is 56.7 Å². The summed E-state index contributed by atoms with van der Waals surface area (Å²) in [4.78, 5) is 31.9. The maximum atomic E-state index is 13.6. The fourth-order valence-electron chi connectivity index (χ4n) is 5.32. The van der Waals surface area contributed by atoms with Crippen LogP contribution in [0.3, 0.4) is 0 Å². The summed E-state index contributed by atoms with van der Waals surface area (Å²) in [5, 5.41) is 2.80. The summed E-state index contributed by atoms with van der Waals surface area (Å²) in [5.74, 6) is 1.16. The van der Waals surface area contributed by atoms with Crippen molar-refractivity contribution in [2.24, 2.45) is 11.8 Å². The highest BCUT2D eigenvalue weighted by atomic mass is 35.5. The second-order valence-corrected chi connectivity index (χ2v) is 11.4. The van der Waals surface area contributed by atoms with Crippen molar-refractivity contribution in [1.29, 1.82) is 0 Å². The van der Waals surface area contributed by atoms with Gasteiger partial charge in [0, 0.05) is 29.4 Å². The minimum Gasteiger partial charge on any atom is -0.333 e. The van der Waals surface area contributed by atoms with Gasteiger partial charge in [-0.2, -0.15) is 0 Å². The van der Waals surface area contributed by atoms with Crippen LogP contribution in [0.1, 0.15) is 74.4 Å². The summed E-state index contributed by atoms with van der Waals surface area (Å²) in [6, 6.07) is 9.81. The maximum Gasteiger partial charge on any atom is 0.242 e. The normalized spacial score (nSPS) is 18.5. The first-order chi connectivity index (χ1) is 15.9. The summed E-state index contributed by atoms with van der Waals surface area (Å²) in [7, 11) is 0. The first-order valence-electron chi connectivity index (χ1n) is 12.3. The van der Waals surface area contributed by atoms with E-state index >= 15 is 0 Å². The van der Waals surface area contributed by atoms with Crippen LogP contribution < -0.4 is 0 Å². The molecule has 1 atom stereocenters. The van der Waals surface area contributed by atoms with Gasteiger partial charge in [-0.1, -0.05) is 63.3 Å². The van der Waals surface area contributed by atoms with Crippen LogP contribution in [0.25, 0.3) is 0 Å². The molecule has 0 radical (unpaired) electrons. The smallest absolute Gasteiger partial charge is 0.242 e. The van der Waals surface area contributed by atoms with Crippen LogP contribution in [0.5, 0.6) is 0 Å². The monoisotopic (exact) mass is 486 g/mol. The van der Waals surface area contributed by atoms with Gasteiger partial charge in [-0.15, -0.1) is 11.3 Å². The second-order valence-electron chi connectivity index (χ2n) is 9.95. The molecule has 33 heavy (non-hydrogen) atoms. The Balaban J connectivity index is 1.50. The Labute approximate surface area is 206 Å². The van der Waals surface area contributed by atoms with Gasteiger partial charge in [0.1, 0.15) is 0 Å². The van der Waals surface area contributed by atoms with E-state index in [1.54, 1.807) is 11.3 Å². The third-order valence-electron chi connectivity index (χ3n) is 6.98. The molecule has 1 fully saturated rings. The van der Waals surface area contributed by atoms with E-state index in [9.17, 15) is 9.59 Å². The predicted octanol–water partition coefficient (Wildman–Crippen LogP) is 6.33. The molecule has 4 nitrogen and oxygen atoms in total. The van der Waals surface area contributed by atoms with Crippen molar-refractivity contribution < 1.29 is 9.59 Å². The number of halogens is 1. The van der Waals surface area contributed by atoms with Gasteiger partial charge >= 0.3 is 0 Å². The summed E-state index contributed by atoms with van der Waals surface area (Å²) < 4.78 is 0. The van der Waals surface area contributed by atoms with E-state index in [0.29, 0.717) is 36.4 Å². The van der Waals surface area contributed by atoms with Gasteiger partial charge in [0.25, 0.3) is 0 Å². The number of carbonyl (C=O) groups excluding carboxylic acids is 2. The number of amides is 2. The van der Waals surface area contributed by atoms with Gasteiger partial charge in [-0.3, -0.25) is 9.59 Å². The second kappa shape index (κ2) is 11.1. The Morgan fingerprint density at radius 1 is 1.15 bits per heavy atom. The highest BCUT2D eigenvalue weighted by molar-refractivity contribution is 7.10. The van der Waals surface area contributed by atoms with Gasteiger partial charge in [0.05, 0.1) is 12.6 Å². The molecule has 2 aromatic rings. The molecule has 1 unspecified atom stereocenters. The molecule has 0 N–H and O–H groups in total. The molecule has 0 saturated heterocycles. The van der Waals surface area contributed by atoms with E-state index in [4.69, 9.17) is 11.6 Å². The number of carbonyl (C=O) groups is 2. The first kappa shape index (κ1) is 24.3. The zero-order chi connectivity index (χ0) is 23.4. The van der Waals surface area contributed by atoms with Crippen molar-refractivity contribution in [3.8, 4) is 0 Å². The molecule has 4 rings (SSSR count). The average Bonchev–Trinajstić information content (AvgIpc) is 3.48. The molecule has 1 aliphatic carbocycles. The Bertz CT molecular complexity index is 949. The van der Waals surface area contributed by atoms with Crippen LogP contribution in [0, 0.1) is 11.8 Å². The molecular formula is C27H35ClN2O2S. The third kappa shape index (κ3) is 5.99. The number of rotatable bonds is 8. The molecule has 6 heteroatoms. The minimum atomic E-state index is -0.126. The summed E-state index contributed by atoms with van der Waals surface area (Å²) in [6.45, 7) is 5.67. The van der Waals surface area contributed by atoms with Crippen LogP contribution in [0.2, 0.25) is 5.02 Å². The Hall–Kier alpha value is -1.85. The van der Waals surface area contributed by atoms with Crippen LogP contribution >= 0.6 is 22.9 Å². The molecular weight excluding hydrogens is 452 g/mol. The van der Waals surface area contributed by atoms with E-state index < -0.39 is 0 Å². The zero-order valence-corrected chi connectivity index (χ0v) is 21.3. The van der Waals surface area contributed by atoms with Gasteiger partial charge in [0.2, 0.25) is 11.8 Å². The molecule has 2 heterocycles. The van der Waals surface area contributed by atoms with E-state index in [1.807, 2.05) is 34.1 Å². The maximum absolute atomic E-state index is 13.6. The van der Waals surface area contributed by atoms with Gasteiger partial charge in [-0.05, 0) is 59.4 Å². The molecule has 1 aromatic carbocycles. The molecule has 2 aliphatic rings. The number of hydrogen-bond acceptors (Lipinski definition) is 3. The predicted molar refractivity (Wildman–Crippen MR) is 136 cm³/mol. The van der Waals surface area contributed by atoms with Crippen LogP contribution in [-0.4, -0.2) is 41.2 Å². The molecule has 1 aliphatic heterocycles. The van der Waals surface area contributed by atoms with Crippen molar-refractivity contribution in [2.75, 3.05) is 19.6 Å². The van der Waals surface area contributed by atoms with E-state index in [1.165, 1.54) is 36.1 Å². The number of fused-ring (bicyclic) bond motifs is 1. The molecule has 0 bridgehead atoms. The lowest BCUT2D eigenvalue weighted by atomic mass is 9.93. The topological polar surface area (TPSA) is 40.6 Å². The quantitative estimate of drug-likeness (QED) is 0.437. The van der Waals surface area contributed by atoms with Crippen LogP contribution in [-0.2, 0) is 16.0 Å². The molecule has 2 amide bonds. The fourth-order valence-corrected chi connectivity index (χ4v) is 6.35. The summed E-state index contributed by atoms with van der Waals surface area (Å²) >= 11 is 7.89. The van der Waals surface area contributed by atoms with E-state index in [0.717, 1.165) is 18.4 Å². The van der Waals surface area contributed by atoms with Crippen molar-refractivity contribution >= 4 is 34.8 Å². The van der Waals surface area contributed by atoms with Gasteiger partial charge < -0.3 is 9.80 Å². The van der Waals surface area contributed by atoms with E-state index in [-0.39, 0.29) is 24.4 Å². The van der Waals surface area contributed by atoms with Crippen molar-refractivity contribution in [1.82, 2.24) is 9.80 Å². The third-order valence-corrected chi connectivity index (χ3v) is 8.23. The SMILES string of the molecule is CC(C)CN(CC(=O)N1CCc2sccc2C1c1ccc(Cl)cc1)C(=O)CCC1CCCC1. The highest BCUT2D eigenvalue weighted by Crippen LogP contribution is 2.38. The molecule has 1 saturated carbocycles. The summed E-state index contributed by atoms with van der Waals surface area (Å²) in [5.41, 5.74) is 2.26. The first-order valence-corrected chi connectivity index (χ1v) is 13.6. The van der Waals surface area contributed by atoms with Gasteiger partial charge in [0.15, 0.2) is 0 Å². The number of thiophene rings is 1. The lowest BCUT2D eigenvalue weighted by Crippen LogP contribution is -2.47. The molecule has 178 valence electrons. The number of nitrogens with zero attached hydrogens (tertiary/aromatic N) is 2. The van der Waals surface area contributed by atoms with Gasteiger partial charge in [-0.25, -0.2) is 0 Å². The largest absolute Gasteiger partial charge is 0.333 e. The molecule has 0 spiro atoms. The Morgan fingerprint density at radius 3 is 2.58 bits per heavy atom. The fraction of sp³-hybridized carbons (Fsp3) is 0.556. The average molecular weight is 487 g/mol. The molecule has 1 aromatic heterocycles. The highest BCUT2D eigenvalue weighted by Gasteiger charge is 2.34. The van der Waals surface area contributed by atoms with E-state index in [2.05, 4.69) is 25.3 Å². The number of hydrogen-bond donors (Lipinski definition) is 0. The minimum absolute atomic E-state index is 0.0293. The van der Waals surface area contributed by atoms with Crippen LogP contribution in [0.15, 0.2) is 35.7 Å². The lowest BCUT2D eigenvalue weighted by Gasteiger charge is -2.38. The number of benzene rings is 1. The Morgan fingerprint density at radius 2 is 1.88 bits per heavy atom. The van der Waals surface area contributed by atoms with Crippen LogP contribution in [0.4, 0.5) is 0 Å². The van der Waals surface area contributed by atoms with Crippen molar-refractivity contribution in [2.45, 2.75) is 64.8 Å². The Kier molecular flexibility index (Phi) is 8.13. The van der Waals surface area contributed by atoms with Crippen molar-refractivity contribution in [3.63, 3.8) is 0 Å².